The number of nitrogens with one attached hydrogen (secondary N) is 1. The second-order valence-corrected chi connectivity index (χ2v) is 7.85. The number of carbonyl (C=O) groups is 1. The van der Waals surface area contributed by atoms with Gasteiger partial charge in [0.05, 0.1) is 11.0 Å². The van der Waals surface area contributed by atoms with Gasteiger partial charge in [-0.25, -0.2) is 9.78 Å². The lowest BCUT2D eigenvalue weighted by Crippen LogP contribution is -1.97. The maximum absolute atomic E-state index is 11.7. The lowest BCUT2D eigenvalue weighted by Gasteiger charge is -2.07. The number of imidazole rings is 1. The molecule has 6 heteroatoms. The standard InChI is InChI=1S/C24H20N2O3S/c1-16-6-8-18(9-7-16)15-29-19-12-10-17(11-13-19)14-22(23(27)28)30-24-25-20-4-2-3-5-21(20)26-24/h2-14H,15H2,1H3,(H,25,26)(H,27,28)/b22-14-. The molecule has 0 aliphatic carbocycles. The number of H-pyrrole nitrogens is 1. The molecule has 0 bridgehead atoms. The number of aromatic amines is 1. The van der Waals surface area contributed by atoms with Crippen LogP contribution in [0.15, 0.2) is 82.9 Å². The van der Waals surface area contributed by atoms with Gasteiger partial charge in [-0.1, -0.05) is 54.1 Å². The maximum atomic E-state index is 11.7. The molecule has 0 atom stereocenters. The van der Waals surface area contributed by atoms with Crippen LogP contribution in [0.2, 0.25) is 0 Å². The second-order valence-electron chi connectivity index (χ2n) is 6.82. The number of hydrogen-bond donors (Lipinski definition) is 2. The molecule has 1 heterocycles. The van der Waals surface area contributed by atoms with Gasteiger partial charge in [0.25, 0.3) is 0 Å². The lowest BCUT2D eigenvalue weighted by atomic mass is 10.1. The molecule has 150 valence electrons. The van der Waals surface area contributed by atoms with Gasteiger partial charge in [-0.15, -0.1) is 0 Å². The summed E-state index contributed by atoms with van der Waals surface area (Å²) in [4.78, 5) is 19.5. The number of aryl methyl sites for hydroxylation is 1. The van der Waals surface area contributed by atoms with Crippen molar-refractivity contribution in [2.45, 2.75) is 18.7 Å². The predicted octanol–water partition coefficient (Wildman–Crippen LogP) is 5.67. The molecule has 0 amide bonds. The fraction of sp³-hybridized carbons (Fsp3) is 0.0833. The van der Waals surface area contributed by atoms with E-state index in [0.717, 1.165) is 39.7 Å². The number of ether oxygens (including phenoxy) is 1. The smallest absolute Gasteiger partial charge is 0.342 e. The first-order valence-electron chi connectivity index (χ1n) is 9.43. The highest BCUT2D eigenvalue weighted by Crippen LogP contribution is 2.28. The van der Waals surface area contributed by atoms with E-state index in [9.17, 15) is 9.90 Å². The highest BCUT2D eigenvalue weighted by molar-refractivity contribution is 8.04. The van der Waals surface area contributed by atoms with Crippen molar-refractivity contribution in [2.24, 2.45) is 0 Å². The highest BCUT2D eigenvalue weighted by atomic mass is 32.2. The Balaban J connectivity index is 1.45. The quantitative estimate of drug-likeness (QED) is 0.300. The van der Waals surface area contributed by atoms with Crippen molar-refractivity contribution in [1.29, 1.82) is 0 Å². The summed E-state index contributed by atoms with van der Waals surface area (Å²) in [6.45, 7) is 2.53. The Morgan fingerprint density at radius 3 is 2.50 bits per heavy atom. The zero-order valence-corrected chi connectivity index (χ0v) is 17.1. The van der Waals surface area contributed by atoms with Crippen LogP contribution in [0.3, 0.4) is 0 Å². The normalized spacial score (nSPS) is 11.6. The van der Waals surface area contributed by atoms with Crippen molar-refractivity contribution < 1.29 is 14.6 Å². The molecule has 1 aromatic heterocycles. The number of benzene rings is 3. The largest absolute Gasteiger partial charge is 0.489 e. The third-order valence-corrected chi connectivity index (χ3v) is 5.39. The van der Waals surface area contributed by atoms with Gasteiger partial charge in [0.1, 0.15) is 17.3 Å². The molecule has 0 spiro atoms. The minimum atomic E-state index is -1.000. The second kappa shape index (κ2) is 8.88. The molecule has 30 heavy (non-hydrogen) atoms. The Hall–Kier alpha value is -3.51. The molecular formula is C24H20N2O3S. The van der Waals surface area contributed by atoms with E-state index in [1.165, 1.54) is 5.56 Å². The molecule has 0 unspecified atom stereocenters. The number of fused-ring (bicyclic) bond motifs is 1. The van der Waals surface area contributed by atoms with Crippen molar-refractivity contribution in [3.63, 3.8) is 0 Å². The van der Waals surface area contributed by atoms with Crippen molar-refractivity contribution in [1.82, 2.24) is 9.97 Å². The first kappa shape index (κ1) is 19.8. The number of nitrogens with zero attached hydrogens (tertiary/aromatic N) is 1. The summed E-state index contributed by atoms with van der Waals surface area (Å²) in [5.74, 6) is -0.269. The minimum Gasteiger partial charge on any atom is -0.489 e. The Morgan fingerprint density at radius 1 is 1.07 bits per heavy atom. The fourth-order valence-corrected chi connectivity index (χ4v) is 3.67. The number of carboxylic acids is 1. The number of thioether (sulfide) groups is 1. The van der Waals surface area contributed by atoms with Crippen LogP contribution in [-0.2, 0) is 11.4 Å². The minimum absolute atomic E-state index is 0.183. The number of hydrogen-bond acceptors (Lipinski definition) is 4. The summed E-state index contributed by atoms with van der Waals surface area (Å²) in [5.41, 5.74) is 4.77. The van der Waals surface area contributed by atoms with E-state index >= 15 is 0 Å². The number of aromatic nitrogens is 2. The highest BCUT2D eigenvalue weighted by Gasteiger charge is 2.13. The van der Waals surface area contributed by atoms with Gasteiger partial charge in [0.2, 0.25) is 0 Å². The molecule has 0 fully saturated rings. The molecule has 3 aromatic carbocycles. The number of carboxylic acid groups (broad SMARTS) is 1. The monoisotopic (exact) mass is 416 g/mol. The van der Waals surface area contributed by atoms with Gasteiger partial charge in [-0.2, -0.15) is 0 Å². The van der Waals surface area contributed by atoms with Crippen LogP contribution in [0.25, 0.3) is 17.1 Å². The van der Waals surface area contributed by atoms with Crippen molar-refractivity contribution in [2.75, 3.05) is 0 Å². The van der Waals surface area contributed by atoms with Crippen molar-refractivity contribution in [3.8, 4) is 5.75 Å². The van der Waals surface area contributed by atoms with Crippen LogP contribution in [0, 0.1) is 6.92 Å². The summed E-state index contributed by atoms with van der Waals surface area (Å²) in [5, 5.41) is 10.1. The molecule has 0 saturated carbocycles. The Labute approximate surface area is 178 Å². The molecule has 0 aliphatic rings. The van der Waals surface area contributed by atoms with E-state index in [0.29, 0.717) is 11.8 Å². The first-order chi connectivity index (χ1) is 14.6. The molecule has 4 rings (SSSR count). The Morgan fingerprint density at radius 2 is 1.80 bits per heavy atom. The van der Waals surface area contributed by atoms with Crippen LogP contribution < -0.4 is 4.74 Å². The SMILES string of the molecule is Cc1ccc(COc2ccc(/C=C(\Sc3nc4ccccc4[nH]3)C(=O)O)cc2)cc1. The van der Waals surface area contributed by atoms with Gasteiger partial charge in [0, 0.05) is 0 Å². The molecule has 0 saturated heterocycles. The van der Waals surface area contributed by atoms with E-state index in [1.807, 2.05) is 60.7 Å². The number of rotatable bonds is 7. The van der Waals surface area contributed by atoms with Crippen LogP contribution >= 0.6 is 11.8 Å². The van der Waals surface area contributed by atoms with Gasteiger partial charge < -0.3 is 14.8 Å². The third-order valence-electron chi connectivity index (χ3n) is 4.49. The molecule has 2 N–H and O–H groups in total. The Bertz CT molecular complexity index is 1160. The van der Waals surface area contributed by atoms with Crippen LogP contribution in [-0.4, -0.2) is 21.0 Å². The zero-order chi connectivity index (χ0) is 20.9. The summed E-state index contributed by atoms with van der Waals surface area (Å²) >= 11 is 1.09. The number of para-hydroxylation sites is 2. The summed E-state index contributed by atoms with van der Waals surface area (Å²) < 4.78 is 5.81. The topological polar surface area (TPSA) is 75.2 Å². The van der Waals surface area contributed by atoms with E-state index in [2.05, 4.69) is 29.0 Å². The third kappa shape index (κ3) is 4.90. The number of aliphatic carboxylic acids is 1. The van der Waals surface area contributed by atoms with Gasteiger partial charge >= 0.3 is 5.97 Å². The fourth-order valence-electron chi connectivity index (χ4n) is 2.88. The van der Waals surface area contributed by atoms with Crippen molar-refractivity contribution >= 4 is 34.8 Å². The van der Waals surface area contributed by atoms with Gasteiger partial charge in [0.15, 0.2) is 5.16 Å². The van der Waals surface area contributed by atoms with E-state index < -0.39 is 5.97 Å². The summed E-state index contributed by atoms with van der Waals surface area (Å²) in [7, 11) is 0. The summed E-state index contributed by atoms with van der Waals surface area (Å²) in [6, 6.07) is 23.2. The average Bonchev–Trinajstić information content (AvgIpc) is 3.16. The van der Waals surface area contributed by atoms with Crippen LogP contribution in [0.1, 0.15) is 16.7 Å². The van der Waals surface area contributed by atoms with Crippen molar-refractivity contribution in [3.05, 3.63) is 94.4 Å². The summed E-state index contributed by atoms with van der Waals surface area (Å²) in [6.07, 6.45) is 1.63. The molecule has 4 aromatic rings. The zero-order valence-electron chi connectivity index (χ0n) is 16.3. The Kier molecular flexibility index (Phi) is 5.86. The average molecular weight is 417 g/mol. The predicted molar refractivity (Wildman–Crippen MR) is 120 cm³/mol. The van der Waals surface area contributed by atoms with Gasteiger partial charge in [-0.3, -0.25) is 0 Å². The molecule has 0 aliphatic heterocycles. The molecular weight excluding hydrogens is 396 g/mol. The first-order valence-corrected chi connectivity index (χ1v) is 10.2. The van der Waals surface area contributed by atoms with Crippen LogP contribution in [0.4, 0.5) is 0 Å². The lowest BCUT2D eigenvalue weighted by molar-refractivity contribution is -0.131. The maximum Gasteiger partial charge on any atom is 0.342 e. The molecule has 0 radical (unpaired) electrons. The van der Waals surface area contributed by atoms with Gasteiger partial charge in [-0.05, 0) is 60.2 Å². The van der Waals surface area contributed by atoms with E-state index in [4.69, 9.17) is 4.74 Å². The van der Waals surface area contributed by atoms with E-state index in [-0.39, 0.29) is 4.91 Å². The van der Waals surface area contributed by atoms with Crippen LogP contribution in [0.5, 0.6) is 5.75 Å². The molecule has 5 nitrogen and oxygen atoms in total. The van der Waals surface area contributed by atoms with E-state index in [1.54, 1.807) is 6.08 Å².